The second kappa shape index (κ2) is 8.43. The van der Waals surface area contributed by atoms with Gasteiger partial charge < -0.3 is 19.5 Å². The van der Waals surface area contributed by atoms with Crippen molar-refractivity contribution >= 4 is 12.1 Å². The maximum absolute atomic E-state index is 12.4. The fourth-order valence-electron chi connectivity index (χ4n) is 3.28. The molecular formula is C20H29NO5. The van der Waals surface area contributed by atoms with Gasteiger partial charge in [0.1, 0.15) is 11.4 Å². The lowest BCUT2D eigenvalue weighted by atomic mass is 9.81. The first kappa shape index (κ1) is 20.1. The number of nitrogens with zero attached hydrogens (tertiary/aromatic N) is 1. The normalized spacial score (nSPS) is 20.5. The number of phenolic OH excluding ortho intramolecular Hbond substituents is 1. The van der Waals surface area contributed by atoms with Gasteiger partial charge in [0.15, 0.2) is 0 Å². The summed E-state index contributed by atoms with van der Waals surface area (Å²) in [5.74, 6) is -0.385. The minimum Gasteiger partial charge on any atom is -0.508 e. The number of amides is 1. The maximum Gasteiger partial charge on any atom is 0.410 e. The number of piperidine rings is 1. The molecule has 1 amide bonds. The summed E-state index contributed by atoms with van der Waals surface area (Å²) in [7, 11) is 0. The molecule has 1 saturated heterocycles. The Labute approximate surface area is 155 Å². The highest BCUT2D eigenvalue weighted by atomic mass is 16.6. The van der Waals surface area contributed by atoms with Gasteiger partial charge in [-0.25, -0.2) is 4.79 Å². The van der Waals surface area contributed by atoms with E-state index in [1.807, 2.05) is 26.8 Å². The Morgan fingerprint density at radius 2 is 2.04 bits per heavy atom. The molecule has 1 aliphatic heterocycles. The van der Waals surface area contributed by atoms with Gasteiger partial charge in [-0.3, -0.25) is 4.79 Å². The molecule has 1 heterocycles. The van der Waals surface area contributed by atoms with Crippen molar-refractivity contribution in [1.29, 1.82) is 0 Å². The van der Waals surface area contributed by atoms with E-state index >= 15 is 0 Å². The Kier molecular flexibility index (Phi) is 6.51. The number of benzene rings is 1. The third kappa shape index (κ3) is 5.64. The lowest BCUT2D eigenvalue weighted by Crippen LogP contribution is -2.48. The van der Waals surface area contributed by atoms with Gasteiger partial charge in [-0.15, -0.1) is 0 Å². The number of phenols is 1. The maximum atomic E-state index is 12.4. The Balaban J connectivity index is 2.14. The van der Waals surface area contributed by atoms with Crippen LogP contribution < -0.4 is 0 Å². The molecule has 0 spiro atoms. The van der Waals surface area contributed by atoms with E-state index in [9.17, 15) is 14.7 Å². The number of aromatic hydroxyl groups is 1. The number of likely N-dealkylation sites (tertiary alicyclic amines) is 1. The largest absolute Gasteiger partial charge is 0.508 e. The lowest BCUT2D eigenvalue weighted by Gasteiger charge is -2.38. The number of ether oxygens (including phenoxy) is 2. The second-order valence-electron chi connectivity index (χ2n) is 7.71. The van der Waals surface area contributed by atoms with Crippen LogP contribution in [-0.4, -0.2) is 47.4 Å². The Morgan fingerprint density at radius 1 is 1.31 bits per heavy atom. The van der Waals surface area contributed by atoms with Crippen LogP contribution in [0.15, 0.2) is 24.3 Å². The molecule has 1 unspecified atom stereocenters. The SMILES string of the molecule is CCOC(=O)[C@H]1CCN(C(=O)OC(C)(C)C)CC1Cc1cccc(O)c1. The van der Waals surface area contributed by atoms with Gasteiger partial charge in [-0.1, -0.05) is 12.1 Å². The number of rotatable bonds is 4. The average Bonchev–Trinajstić information content (AvgIpc) is 2.53. The molecule has 1 fully saturated rings. The summed E-state index contributed by atoms with van der Waals surface area (Å²) >= 11 is 0. The summed E-state index contributed by atoms with van der Waals surface area (Å²) in [6.07, 6.45) is 0.763. The van der Waals surface area contributed by atoms with Crippen molar-refractivity contribution in [2.24, 2.45) is 11.8 Å². The molecule has 0 aliphatic carbocycles. The molecule has 6 heteroatoms. The topological polar surface area (TPSA) is 76.1 Å². The smallest absolute Gasteiger partial charge is 0.410 e. The van der Waals surface area contributed by atoms with Gasteiger partial charge in [0.2, 0.25) is 0 Å². The third-order valence-corrected chi connectivity index (χ3v) is 4.38. The van der Waals surface area contributed by atoms with E-state index in [4.69, 9.17) is 9.47 Å². The summed E-state index contributed by atoms with van der Waals surface area (Å²) in [4.78, 5) is 26.4. The Bertz CT molecular complexity index is 637. The van der Waals surface area contributed by atoms with Crippen LogP contribution in [0.5, 0.6) is 5.75 Å². The van der Waals surface area contributed by atoms with Crippen molar-refractivity contribution in [3.8, 4) is 5.75 Å². The molecule has 1 aromatic rings. The van der Waals surface area contributed by atoms with E-state index in [1.165, 1.54) is 0 Å². The zero-order chi connectivity index (χ0) is 19.3. The summed E-state index contributed by atoms with van der Waals surface area (Å²) in [5, 5.41) is 9.69. The molecule has 0 aromatic heterocycles. The van der Waals surface area contributed by atoms with E-state index in [0.717, 1.165) is 5.56 Å². The molecular weight excluding hydrogens is 334 g/mol. The molecule has 1 aliphatic rings. The molecule has 2 rings (SSSR count). The van der Waals surface area contributed by atoms with Crippen LogP contribution in [0.3, 0.4) is 0 Å². The van der Waals surface area contributed by atoms with Gasteiger partial charge in [0.05, 0.1) is 12.5 Å². The molecule has 6 nitrogen and oxygen atoms in total. The van der Waals surface area contributed by atoms with Crippen LogP contribution in [0.4, 0.5) is 4.79 Å². The van der Waals surface area contributed by atoms with E-state index in [1.54, 1.807) is 30.0 Å². The zero-order valence-electron chi connectivity index (χ0n) is 16.0. The fraction of sp³-hybridized carbons (Fsp3) is 0.600. The van der Waals surface area contributed by atoms with Crippen molar-refractivity contribution in [2.45, 2.75) is 46.1 Å². The van der Waals surface area contributed by atoms with Crippen molar-refractivity contribution < 1.29 is 24.2 Å². The zero-order valence-corrected chi connectivity index (χ0v) is 16.0. The van der Waals surface area contributed by atoms with Gasteiger partial charge in [-0.2, -0.15) is 0 Å². The molecule has 144 valence electrons. The predicted octanol–water partition coefficient (Wildman–Crippen LogP) is 3.37. The molecule has 2 atom stereocenters. The van der Waals surface area contributed by atoms with E-state index < -0.39 is 5.60 Å². The van der Waals surface area contributed by atoms with Crippen LogP contribution in [0.1, 0.15) is 39.7 Å². The summed E-state index contributed by atoms with van der Waals surface area (Å²) in [5.41, 5.74) is 0.367. The molecule has 1 aromatic carbocycles. The van der Waals surface area contributed by atoms with Crippen molar-refractivity contribution in [3.05, 3.63) is 29.8 Å². The highest BCUT2D eigenvalue weighted by Gasteiger charge is 2.38. The van der Waals surface area contributed by atoms with Gasteiger partial charge in [0, 0.05) is 13.1 Å². The minimum absolute atomic E-state index is 0.0860. The predicted molar refractivity (Wildman–Crippen MR) is 97.8 cm³/mol. The number of hydrogen-bond acceptors (Lipinski definition) is 5. The van der Waals surface area contributed by atoms with Gasteiger partial charge in [0.25, 0.3) is 0 Å². The number of hydrogen-bond donors (Lipinski definition) is 1. The number of carbonyl (C=O) groups excluding carboxylic acids is 2. The summed E-state index contributed by atoms with van der Waals surface area (Å²) < 4.78 is 10.7. The van der Waals surface area contributed by atoms with E-state index in [-0.39, 0.29) is 29.6 Å². The van der Waals surface area contributed by atoms with Crippen molar-refractivity contribution in [3.63, 3.8) is 0 Å². The standard InChI is InChI=1S/C20H29NO5/c1-5-25-18(23)17-9-10-21(19(24)26-20(2,3)4)13-15(17)11-14-7-6-8-16(22)12-14/h6-8,12,15,17,22H,5,9-11,13H2,1-4H3/t15?,17-/m0/s1. The first-order valence-corrected chi connectivity index (χ1v) is 9.12. The number of esters is 1. The van der Waals surface area contributed by atoms with Crippen molar-refractivity contribution in [1.82, 2.24) is 4.90 Å². The first-order chi connectivity index (χ1) is 12.2. The van der Waals surface area contributed by atoms with Crippen LogP contribution in [0.2, 0.25) is 0 Å². The van der Waals surface area contributed by atoms with Crippen LogP contribution in [-0.2, 0) is 20.7 Å². The van der Waals surface area contributed by atoms with Crippen LogP contribution >= 0.6 is 0 Å². The monoisotopic (exact) mass is 363 g/mol. The van der Waals surface area contributed by atoms with E-state index in [0.29, 0.717) is 32.5 Å². The molecule has 1 N–H and O–H groups in total. The molecule has 26 heavy (non-hydrogen) atoms. The number of carbonyl (C=O) groups is 2. The van der Waals surface area contributed by atoms with Crippen LogP contribution in [0, 0.1) is 11.8 Å². The first-order valence-electron chi connectivity index (χ1n) is 9.12. The molecule has 0 bridgehead atoms. The summed E-state index contributed by atoms with van der Waals surface area (Å²) in [6, 6.07) is 6.99. The Hall–Kier alpha value is -2.24. The molecule has 0 saturated carbocycles. The fourth-order valence-corrected chi connectivity index (χ4v) is 3.28. The Morgan fingerprint density at radius 3 is 2.65 bits per heavy atom. The highest BCUT2D eigenvalue weighted by molar-refractivity contribution is 5.74. The van der Waals surface area contributed by atoms with Gasteiger partial charge >= 0.3 is 12.1 Å². The summed E-state index contributed by atoms with van der Waals surface area (Å²) in [6.45, 7) is 8.52. The third-order valence-electron chi connectivity index (χ3n) is 4.38. The van der Waals surface area contributed by atoms with Crippen LogP contribution in [0.25, 0.3) is 0 Å². The van der Waals surface area contributed by atoms with E-state index in [2.05, 4.69) is 0 Å². The minimum atomic E-state index is -0.560. The lowest BCUT2D eigenvalue weighted by molar-refractivity contribution is -0.152. The quantitative estimate of drug-likeness (QED) is 0.830. The second-order valence-corrected chi connectivity index (χ2v) is 7.71. The van der Waals surface area contributed by atoms with Gasteiger partial charge in [-0.05, 0) is 64.2 Å². The molecule has 0 radical (unpaired) electrons. The van der Waals surface area contributed by atoms with Crippen molar-refractivity contribution in [2.75, 3.05) is 19.7 Å². The average molecular weight is 363 g/mol. The highest BCUT2D eigenvalue weighted by Crippen LogP contribution is 2.30.